The number of thioether (sulfide) groups is 1. The molecule has 0 aliphatic carbocycles. The smallest absolute Gasteiger partial charge is 0.316 e. The van der Waals surface area contributed by atoms with Gasteiger partial charge in [0.1, 0.15) is 6.04 Å². The summed E-state index contributed by atoms with van der Waals surface area (Å²) in [6.07, 6.45) is 0.140. The summed E-state index contributed by atoms with van der Waals surface area (Å²) in [5, 5.41) is 10.8. The van der Waals surface area contributed by atoms with Gasteiger partial charge in [-0.05, 0) is 24.6 Å². The van der Waals surface area contributed by atoms with Gasteiger partial charge in [-0.2, -0.15) is 0 Å². The molecule has 2 aromatic carbocycles. The van der Waals surface area contributed by atoms with Crippen LogP contribution in [0.25, 0.3) is 0 Å². The van der Waals surface area contributed by atoms with Crippen molar-refractivity contribution in [2.75, 3.05) is 17.7 Å². The molecule has 174 valence electrons. The predicted molar refractivity (Wildman–Crippen MR) is 127 cm³/mol. The van der Waals surface area contributed by atoms with Gasteiger partial charge in [0.05, 0.1) is 23.5 Å². The Hall–Kier alpha value is -3.57. The summed E-state index contributed by atoms with van der Waals surface area (Å²) in [6.45, 7) is 2.01. The van der Waals surface area contributed by atoms with Crippen LogP contribution in [0.2, 0.25) is 0 Å². The Morgan fingerprint density at radius 2 is 1.68 bits per heavy atom. The summed E-state index contributed by atoms with van der Waals surface area (Å²) < 4.78 is 5.36. The third-order valence-electron chi connectivity index (χ3n) is 4.97. The summed E-state index contributed by atoms with van der Waals surface area (Å²) in [7, 11) is 0. The maximum atomic E-state index is 13.3. The topological polar surface area (TPSA) is 119 Å². The Morgan fingerprint density at radius 1 is 1.03 bits per heavy atom. The second-order valence-electron chi connectivity index (χ2n) is 7.19. The van der Waals surface area contributed by atoms with Crippen molar-refractivity contribution >= 4 is 51.9 Å². The zero-order valence-corrected chi connectivity index (χ0v) is 19.7. The van der Waals surface area contributed by atoms with Crippen molar-refractivity contribution in [3.63, 3.8) is 0 Å². The lowest BCUT2D eigenvalue weighted by atomic mass is 10.0. The van der Waals surface area contributed by atoms with Crippen molar-refractivity contribution in [2.24, 2.45) is 0 Å². The first-order valence-electron chi connectivity index (χ1n) is 10.4. The van der Waals surface area contributed by atoms with E-state index in [1.165, 1.54) is 0 Å². The van der Waals surface area contributed by atoms with Crippen LogP contribution in [0, 0.1) is 0 Å². The van der Waals surface area contributed by atoms with E-state index in [0.29, 0.717) is 4.34 Å². The van der Waals surface area contributed by atoms with Gasteiger partial charge in [0.15, 0.2) is 4.34 Å². The van der Waals surface area contributed by atoms with Crippen molar-refractivity contribution in [3.8, 4) is 0 Å². The fourth-order valence-corrected chi connectivity index (χ4v) is 5.01. The monoisotopic (exact) mass is 496 g/mol. The minimum atomic E-state index is -1.09. The first kappa shape index (κ1) is 23.6. The van der Waals surface area contributed by atoms with E-state index in [0.717, 1.165) is 33.6 Å². The molecule has 11 heteroatoms. The third kappa shape index (κ3) is 5.15. The van der Waals surface area contributed by atoms with Gasteiger partial charge in [-0.25, -0.2) is 0 Å². The van der Waals surface area contributed by atoms with Crippen LogP contribution in [0.1, 0.15) is 33.2 Å². The first-order chi connectivity index (χ1) is 16.5. The Bertz CT molecular complexity index is 1200. The van der Waals surface area contributed by atoms with Crippen LogP contribution in [-0.4, -0.2) is 57.2 Å². The lowest BCUT2D eigenvalue weighted by Crippen LogP contribution is -2.48. The average Bonchev–Trinajstić information content (AvgIpc) is 3.39. The highest BCUT2D eigenvalue weighted by atomic mass is 32.2. The van der Waals surface area contributed by atoms with Gasteiger partial charge >= 0.3 is 5.97 Å². The molecule has 0 bridgehead atoms. The second-order valence-corrected chi connectivity index (χ2v) is 9.39. The Balaban J connectivity index is 1.53. The highest BCUT2D eigenvalue weighted by Crippen LogP contribution is 2.28. The second kappa shape index (κ2) is 10.6. The number of carbonyl (C=O) groups excluding carboxylic acids is 4. The molecule has 1 aromatic heterocycles. The Kier molecular flexibility index (Phi) is 7.33. The van der Waals surface area contributed by atoms with E-state index >= 15 is 0 Å². The molecular weight excluding hydrogens is 476 g/mol. The molecule has 1 atom stereocenters. The van der Waals surface area contributed by atoms with Crippen LogP contribution in [0.4, 0.5) is 5.13 Å². The molecule has 2 heterocycles. The van der Waals surface area contributed by atoms with Crippen LogP contribution < -0.4 is 5.32 Å². The molecule has 1 N–H and O–H groups in total. The number of imide groups is 1. The summed E-state index contributed by atoms with van der Waals surface area (Å²) in [5.41, 5.74) is 1.33. The number of benzene rings is 2. The minimum absolute atomic E-state index is 0.0715. The van der Waals surface area contributed by atoms with Gasteiger partial charge in [0, 0.05) is 6.42 Å². The number of carbonyl (C=O) groups is 4. The molecule has 1 aliphatic rings. The number of esters is 1. The normalized spacial score (nSPS) is 13.5. The average molecular weight is 497 g/mol. The van der Waals surface area contributed by atoms with Crippen molar-refractivity contribution in [3.05, 3.63) is 71.3 Å². The summed E-state index contributed by atoms with van der Waals surface area (Å²) in [6, 6.07) is 14.6. The van der Waals surface area contributed by atoms with Crippen LogP contribution in [0.3, 0.4) is 0 Å². The Labute approximate surface area is 203 Å². The molecule has 0 saturated carbocycles. The van der Waals surface area contributed by atoms with Crippen LogP contribution in [0.5, 0.6) is 0 Å². The maximum Gasteiger partial charge on any atom is 0.316 e. The molecule has 0 radical (unpaired) electrons. The standard InChI is InChI=1S/C23H20N4O5S2/c1-2-32-18(28)13-33-23-26-25-22(34-23)24-19(29)17(12-14-8-4-3-5-9-14)27-20(30)15-10-6-7-11-16(15)21(27)31/h3-11,17H,2,12-13H2,1H3,(H,24,25,29)/t17-/m0/s1. The lowest BCUT2D eigenvalue weighted by Gasteiger charge is -2.25. The molecule has 1 aliphatic heterocycles. The largest absolute Gasteiger partial charge is 0.465 e. The fourth-order valence-electron chi connectivity index (χ4n) is 3.46. The van der Waals surface area contributed by atoms with Gasteiger partial charge in [-0.1, -0.05) is 65.6 Å². The number of aromatic nitrogens is 2. The lowest BCUT2D eigenvalue weighted by molar-refractivity contribution is -0.139. The van der Waals surface area contributed by atoms with Crippen LogP contribution in [0.15, 0.2) is 58.9 Å². The van der Waals surface area contributed by atoms with Crippen LogP contribution >= 0.6 is 23.1 Å². The number of nitrogens with zero attached hydrogens (tertiary/aromatic N) is 3. The molecule has 0 unspecified atom stereocenters. The summed E-state index contributed by atoms with van der Waals surface area (Å²) in [5.74, 6) is -1.89. The molecule has 3 aromatic rings. The molecular formula is C23H20N4O5S2. The zero-order chi connectivity index (χ0) is 24.1. The molecule has 4 rings (SSSR count). The number of nitrogens with one attached hydrogen (secondary N) is 1. The number of anilines is 1. The van der Waals surface area contributed by atoms with Gasteiger partial charge in [0.25, 0.3) is 11.8 Å². The highest BCUT2D eigenvalue weighted by molar-refractivity contribution is 8.01. The van der Waals surface area contributed by atoms with Gasteiger partial charge < -0.3 is 4.74 Å². The first-order valence-corrected chi connectivity index (χ1v) is 12.2. The number of rotatable bonds is 9. The van der Waals surface area contributed by atoms with Crippen molar-refractivity contribution in [1.29, 1.82) is 0 Å². The van der Waals surface area contributed by atoms with Gasteiger partial charge in [0.2, 0.25) is 11.0 Å². The van der Waals surface area contributed by atoms with Gasteiger partial charge in [-0.15, -0.1) is 10.2 Å². The minimum Gasteiger partial charge on any atom is -0.465 e. The van der Waals surface area contributed by atoms with E-state index in [1.54, 1.807) is 31.2 Å². The number of hydrogen-bond acceptors (Lipinski definition) is 9. The van der Waals surface area contributed by atoms with E-state index in [-0.39, 0.29) is 41.0 Å². The van der Waals surface area contributed by atoms with E-state index in [2.05, 4.69) is 15.5 Å². The van der Waals surface area contributed by atoms with Crippen molar-refractivity contribution in [1.82, 2.24) is 15.1 Å². The molecule has 34 heavy (non-hydrogen) atoms. The van der Waals surface area contributed by atoms with E-state index in [1.807, 2.05) is 30.3 Å². The SMILES string of the molecule is CCOC(=O)CSc1nnc(NC(=O)[C@H](Cc2ccccc2)N2C(=O)c3ccccc3C2=O)s1. The van der Waals surface area contributed by atoms with E-state index in [4.69, 9.17) is 4.74 Å². The molecule has 0 fully saturated rings. The molecule has 0 saturated heterocycles. The fraction of sp³-hybridized carbons (Fsp3) is 0.217. The van der Waals surface area contributed by atoms with Crippen molar-refractivity contribution in [2.45, 2.75) is 23.7 Å². The number of fused-ring (bicyclic) bond motifs is 1. The van der Waals surface area contributed by atoms with Crippen molar-refractivity contribution < 1.29 is 23.9 Å². The molecule has 3 amide bonds. The highest BCUT2D eigenvalue weighted by Gasteiger charge is 2.42. The summed E-state index contributed by atoms with van der Waals surface area (Å²) >= 11 is 2.23. The zero-order valence-electron chi connectivity index (χ0n) is 18.1. The van der Waals surface area contributed by atoms with Crippen LogP contribution in [-0.2, 0) is 20.7 Å². The van der Waals surface area contributed by atoms with Gasteiger partial charge in [-0.3, -0.25) is 29.4 Å². The third-order valence-corrected chi connectivity index (χ3v) is 6.91. The summed E-state index contributed by atoms with van der Waals surface area (Å²) in [4.78, 5) is 52.0. The number of hydrogen-bond donors (Lipinski definition) is 1. The van der Waals surface area contributed by atoms with E-state index < -0.39 is 23.8 Å². The predicted octanol–water partition coefficient (Wildman–Crippen LogP) is 3.04. The van der Waals surface area contributed by atoms with E-state index in [9.17, 15) is 19.2 Å². The number of ether oxygens (including phenoxy) is 1. The number of amides is 3. The quantitative estimate of drug-likeness (QED) is 0.208. The molecule has 9 nitrogen and oxygen atoms in total. The molecule has 0 spiro atoms. The maximum absolute atomic E-state index is 13.3. The Morgan fingerprint density at radius 3 is 2.32 bits per heavy atom.